The quantitative estimate of drug-likeness (QED) is 0.335. The molecule has 0 bridgehead atoms. The van der Waals surface area contributed by atoms with Gasteiger partial charge in [-0.15, -0.1) is 11.3 Å². The van der Waals surface area contributed by atoms with Crippen molar-refractivity contribution in [3.8, 4) is 0 Å². The van der Waals surface area contributed by atoms with Crippen LogP contribution >= 0.6 is 27.3 Å². The van der Waals surface area contributed by atoms with Crippen LogP contribution in [0.25, 0.3) is 0 Å². The van der Waals surface area contributed by atoms with Crippen molar-refractivity contribution >= 4 is 60.5 Å². The first-order valence-electron chi connectivity index (χ1n) is 7.11. The number of carbonyl (C=O) groups is 2. The monoisotopic (exact) mass is 477 g/mol. The lowest BCUT2D eigenvalue weighted by molar-refractivity contribution is -0.384. The van der Waals surface area contributed by atoms with E-state index in [1.54, 1.807) is 11.4 Å². The Morgan fingerprint density at radius 1 is 1.30 bits per heavy atom. The number of hydrogen-bond donors (Lipinski definition) is 2. The van der Waals surface area contributed by atoms with Gasteiger partial charge in [-0.3, -0.25) is 19.7 Å². The molecule has 0 saturated carbocycles. The lowest BCUT2D eigenvalue weighted by Gasteiger charge is -2.08. The van der Waals surface area contributed by atoms with E-state index in [1.165, 1.54) is 24.3 Å². The summed E-state index contributed by atoms with van der Waals surface area (Å²) in [5.74, 6) is -1.63. The molecule has 1 heterocycles. The highest BCUT2D eigenvalue weighted by Crippen LogP contribution is 2.27. The number of nitrogens with one attached hydrogen (secondary N) is 2. The maximum absolute atomic E-state index is 11.8. The Bertz CT molecular complexity index is 961. The van der Waals surface area contributed by atoms with Gasteiger partial charge in [-0.05, 0) is 33.4 Å². The fourth-order valence-electron chi connectivity index (χ4n) is 1.74. The molecule has 2 aromatic rings. The van der Waals surface area contributed by atoms with Crippen LogP contribution in [0.5, 0.6) is 0 Å². The molecule has 1 aromatic heterocycles. The molecule has 1 aromatic carbocycles. The predicted octanol–water partition coefficient (Wildman–Crippen LogP) is 1.88. The maximum atomic E-state index is 11.8. The van der Waals surface area contributed by atoms with Gasteiger partial charge in [0.2, 0.25) is 0 Å². The van der Waals surface area contributed by atoms with Gasteiger partial charge in [0.1, 0.15) is 10.8 Å². The molecule has 0 saturated heterocycles. The van der Waals surface area contributed by atoms with Crippen LogP contribution in [0, 0.1) is 10.1 Å². The first-order valence-corrected chi connectivity index (χ1v) is 10.3. The molecule has 0 spiro atoms. The van der Waals surface area contributed by atoms with Crippen molar-refractivity contribution in [3.05, 3.63) is 50.3 Å². The molecule has 0 atom stereocenters. The van der Waals surface area contributed by atoms with Crippen LogP contribution in [0.1, 0.15) is 0 Å². The first-order chi connectivity index (χ1) is 12.7. The smallest absolute Gasteiger partial charge is 0.321 e. The molecule has 0 radical (unpaired) electrons. The van der Waals surface area contributed by atoms with Crippen LogP contribution in [0.15, 0.2) is 44.4 Å². The molecule has 1 amide bonds. The number of rotatable bonds is 8. The summed E-state index contributed by atoms with van der Waals surface area (Å²) in [5, 5.41) is 14.6. The van der Waals surface area contributed by atoms with E-state index in [2.05, 4.69) is 26.0 Å². The zero-order chi connectivity index (χ0) is 20.0. The third kappa shape index (κ3) is 6.09. The van der Waals surface area contributed by atoms with Gasteiger partial charge in [-0.1, -0.05) is 6.07 Å². The normalized spacial score (nSPS) is 11.0. The highest BCUT2D eigenvalue weighted by atomic mass is 79.9. The van der Waals surface area contributed by atoms with E-state index in [1.807, 2.05) is 0 Å². The van der Waals surface area contributed by atoms with E-state index in [0.29, 0.717) is 0 Å². The number of non-ortho nitro benzene ring substituents is 1. The Labute approximate surface area is 165 Å². The van der Waals surface area contributed by atoms with E-state index in [-0.39, 0.29) is 20.1 Å². The Morgan fingerprint density at radius 3 is 2.63 bits per heavy atom. The van der Waals surface area contributed by atoms with Crippen molar-refractivity contribution in [2.24, 2.45) is 0 Å². The van der Waals surface area contributed by atoms with Crippen LogP contribution < -0.4 is 10.0 Å². The third-order valence-corrected chi connectivity index (χ3v) is 6.42. The highest BCUT2D eigenvalue weighted by molar-refractivity contribution is 9.10. The van der Waals surface area contributed by atoms with Gasteiger partial charge in [0.15, 0.2) is 6.61 Å². The summed E-state index contributed by atoms with van der Waals surface area (Å²) < 4.78 is 30.8. The molecule has 0 aliphatic heterocycles. The number of hydrogen-bond acceptors (Lipinski definition) is 8. The number of thiophene rings is 1. The zero-order valence-corrected chi connectivity index (χ0v) is 16.6. The van der Waals surface area contributed by atoms with E-state index >= 15 is 0 Å². The number of carbonyl (C=O) groups excluding carboxylic acids is 2. The minimum Gasteiger partial charge on any atom is -0.455 e. The average molecular weight is 478 g/mol. The van der Waals surface area contributed by atoms with Crippen LogP contribution in [0.3, 0.4) is 0 Å². The number of anilines is 1. The molecule has 0 aliphatic carbocycles. The van der Waals surface area contributed by atoms with E-state index in [4.69, 9.17) is 4.74 Å². The number of amides is 1. The number of halogens is 1. The lowest BCUT2D eigenvalue weighted by Crippen LogP contribution is -2.32. The Morgan fingerprint density at radius 2 is 2.04 bits per heavy atom. The SMILES string of the molecule is O=C(COC(=O)CNS(=O)(=O)c1cccs1)Nc1ccc([N+](=O)[O-])cc1Br. The molecular weight excluding hydrogens is 466 g/mol. The van der Waals surface area contributed by atoms with Gasteiger partial charge in [0.05, 0.1) is 10.6 Å². The summed E-state index contributed by atoms with van der Waals surface area (Å²) in [6.07, 6.45) is 0. The van der Waals surface area contributed by atoms with Crippen molar-refractivity contribution in [2.75, 3.05) is 18.5 Å². The van der Waals surface area contributed by atoms with Crippen molar-refractivity contribution < 1.29 is 27.7 Å². The summed E-state index contributed by atoms with van der Waals surface area (Å²) in [7, 11) is -3.81. The number of nitrogens with zero attached hydrogens (tertiary/aromatic N) is 1. The van der Waals surface area contributed by atoms with Crippen molar-refractivity contribution in [3.63, 3.8) is 0 Å². The third-order valence-electron chi connectivity index (χ3n) is 2.97. The van der Waals surface area contributed by atoms with Gasteiger partial charge in [-0.2, -0.15) is 4.72 Å². The Balaban J connectivity index is 1.81. The second kappa shape index (κ2) is 9.03. The molecule has 0 fully saturated rings. The minimum atomic E-state index is -3.81. The van der Waals surface area contributed by atoms with Gasteiger partial charge >= 0.3 is 5.97 Å². The summed E-state index contributed by atoms with van der Waals surface area (Å²) in [5.41, 5.74) is 0.0874. The molecule has 144 valence electrons. The molecular formula is C14H12BrN3O7S2. The number of nitro groups is 1. The molecule has 0 unspecified atom stereocenters. The van der Waals surface area contributed by atoms with Crippen molar-refractivity contribution in [1.82, 2.24) is 4.72 Å². The van der Waals surface area contributed by atoms with Gasteiger partial charge in [0, 0.05) is 16.6 Å². The second-order valence-electron chi connectivity index (χ2n) is 4.89. The number of sulfonamides is 1. The molecule has 27 heavy (non-hydrogen) atoms. The number of nitro benzene ring substituents is 1. The van der Waals surface area contributed by atoms with Crippen molar-refractivity contribution in [1.29, 1.82) is 0 Å². The molecule has 0 aliphatic rings. The van der Waals surface area contributed by atoms with E-state index in [0.717, 1.165) is 11.3 Å². The van der Waals surface area contributed by atoms with Gasteiger partial charge in [0.25, 0.3) is 21.6 Å². The van der Waals surface area contributed by atoms with Crippen LogP contribution in [-0.4, -0.2) is 38.4 Å². The number of ether oxygens (including phenoxy) is 1. The fraction of sp³-hybridized carbons (Fsp3) is 0.143. The summed E-state index contributed by atoms with van der Waals surface area (Å²) in [6.45, 7) is -1.28. The summed E-state index contributed by atoms with van der Waals surface area (Å²) in [4.78, 5) is 33.5. The summed E-state index contributed by atoms with van der Waals surface area (Å²) >= 11 is 4.08. The molecule has 2 rings (SSSR count). The summed E-state index contributed by atoms with van der Waals surface area (Å²) in [6, 6.07) is 6.66. The van der Waals surface area contributed by atoms with E-state index in [9.17, 15) is 28.1 Å². The molecule has 13 heteroatoms. The zero-order valence-electron chi connectivity index (χ0n) is 13.4. The van der Waals surface area contributed by atoms with Crippen LogP contribution in [0.2, 0.25) is 0 Å². The highest BCUT2D eigenvalue weighted by Gasteiger charge is 2.18. The lowest BCUT2D eigenvalue weighted by atomic mass is 10.3. The number of benzene rings is 1. The van der Waals surface area contributed by atoms with Gasteiger partial charge in [-0.25, -0.2) is 8.42 Å². The Hall–Kier alpha value is -2.35. The first kappa shape index (κ1) is 21.0. The second-order valence-corrected chi connectivity index (χ2v) is 8.68. The standard InChI is InChI=1S/C14H12BrN3O7S2/c15-10-6-9(18(21)22)3-4-11(10)17-12(19)8-25-13(20)7-16-27(23,24)14-2-1-5-26-14/h1-6,16H,7-8H2,(H,17,19). The van der Waals surface area contributed by atoms with E-state index < -0.39 is 40.0 Å². The predicted molar refractivity (Wildman–Crippen MR) is 99.9 cm³/mol. The van der Waals surface area contributed by atoms with Crippen LogP contribution in [-0.2, 0) is 24.3 Å². The number of esters is 1. The maximum Gasteiger partial charge on any atom is 0.321 e. The fourth-order valence-corrected chi connectivity index (χ4v) is 4.22. The average Bonchev–Trinajstić information content (AvgIpc) is 3.15. The topological polar surface area (TPSA) is 145 Å². The minimum absolute atomic E-state index is 0.0519. The van der Waals surface area contributed by atoms with Crippen molar-refractivity contribution in [2.45, 2.75) is 4.21 Å². The Kier molecular flexibility index (Phi) is 7.01. The molecule has 2 N–H and O–H groups in total. The van der Waals surface area contributed by atoms with Crippen LogP contribution in [0.4, 0.5) is 11.4 Å². The largest absolute Gasteiger partial charge is 0.455 e. The van der Waals surface area contributed by atoms with Gasteiger partial charge < -0.3 is 10.1 Å². The molecule has 10 nitrogen and oxygen atoms in total.